The van der Waals surface area contributed by atoms with Gasteiger partial charge in [0.15, 0.2) is 0 Å². The summed E-state index contributed by atoms with van der Waals surface area (Å²) in [5, 5.41) is 11.2. The molecule has 5 aromatic rings. The molecular weight excluding hydrogens is 302 g/mol. The minimum absolute atomic E-state index is 1.11. The molecule has 0 heterocycles. The number of nitrogens with one attached hydrogen (secondary N) is 1. The fourth-order valence-corrected chi connectivity index (χ4v) is 3.59. The van der Waals surface area contributed by atoms with Gasteiger partial charge in [0.25, 0.3) is 0 Å². The maximum absolute atomic E-state index is 3.63. The van der Waals surface area contributed by atoms with Crippen LogP contribution < -0.4 is 5.32 Å². The summed E-state index contributed by atoms with van der Waals surface area (Å²) in [6.07, 6.45) is 0. The van der Waals surface area contributed by atoms with Gasteiger partial charge < -0.3 is 5.32 Å². The number of rotatable bonds is 2. The van der Waals surface area contributed by atoms with E-state index in [0.717, 1.165) is 11.4 Å². The van der Waals surface area contributed by atoms with Crippen molar-refractivity contribution in [3.8, 4) is 0 Å². The number of fused-ring (bicyclic) bond motifs is 4. The molecule has 0 fully saturated rings. The number of benzene rings is 5. The van der Waals surface area contributed by atoms with Crippen molar-refractivity contribution < 1.29 is 0 Å². The van der Waals surface area contributed by atoms with Gasteiger partial charge in [-0.1, -0.05) is 78.9 Å². The fraction of sp³-hybridized carbons (Fsp3) is 0. The van der Waals surface area contributed by atoms with E-state index in [9.17, 15) is 0 Å². The predicted octanol–water partition coefficient (Wildman–Crippen LogP) is 6.89. The van der Waals surface area contributed by atoms with Crippen LogP contribution in [0.3, 0.4) is 0 Å². The van der Waals surface area contributed by atoms with Gasteiger partial charge in [-0.15, -0.1) is 0 Å². The van der Waals surface area contributed by atoms with Crippen LogP contribution in [0.15, 0.2) is 97.1 Å². The molecular formula is C24H17N. The first-order valence-electron chi connectivity index (χ1n) is 8.55. The van der Waals surface area contributed by atoms with Gasteiger partial charge >= 0.3 is 0 Å². The predicted molar refractivity (Wildman–Crippen MR) is 109 cm³/mol. The van der Waals surface area contributed by atoms with Crippen LogP contribution in [0.4, 0.5) is 11.4 Å². The molecule has 1 heteroatoms. The van der Waals surface area contributed by atoms with Crippen molar-refractivity contribution in [3.05, 3.63) is 97.1 Å². The summed E-state index contributed by atoms with van der Waals surface area (Å²) in [6, 6.07) is 34.4. The summed E-state index contributed by atoms with van der Waals surface area (Å²) in [5.41, 5.74) is 2.25. The molecule has 5 rings (SSSR count). The first-order valence-corrected chi connectivity index (χ1v) is 8.55. The first kappa shape index (κ1) is 14.1. The van der Waals surface area contributed by atoms with Gasteiger partial charge in [0, 0.05) is 16.8 Å². The summed E-state index contributed by atoms with van der Waals surface area (Å²) in [7, 11) is 0. The van der Waals surface area contributed by atoms with Gasteiger partial charge in [-0.2, -0.15) is 0 Å². The Kier molecular flexibility index (Phi) is 3.17. The Labute approximate surface area is 146 Å². The van der Waals surface area contributed by atoms with Crippen molar-refractivity contribution >= 4 is 43.7 Å². The molecule has 0 aliphatic rings. The van der Waals surface area contributed by atoms with Crippen LogP contribution in [0.2, 0.25) is 0 Å². The van der Waals surface area contributed by atoms with Crippen molar-refractivity contribution in [2.24, 2.45) is 0 Å². The first-order chi connectivity index (χ1) is 12.4. The van der Waals surface area contributed by atoms with Crippen LogP contribution in [-0.2, 0) is 0 Å². The molecule has 0 unspecified atom stereocenters. The Morgan fingerprint density at radius 3 is 2.08 bits per heavy atom. The number of hydrogen-bond donors (Lipinski definition) is 1. The summed E-state index contributed by atoms with van der Waals surface area (Å²) in [5.74, 6) is 0. The normalized spacial score (nSPS) is 11.2. The molecule has 0 radical (unpaired) electrons. The number of anilines is 2. The Bertz CT molecular complexity index is 1220. The Morgan fingerprint density at radius 1 is 0.480 bits per heavy atom. The minimum atomic E-state index is 1.11. The van der Waals surface area contributed by atoms with E-state index >= 15 is 0 Å². The van der Waals surface area contributed by atoms with Gasteiger partial charge in [-0.3, -0.25) is 0 Å². The molecule has 0 spiro atoms. The van der Waals surface area contributed by atoms with Crippen molar-refractivity contribution in [1.82, 2.24) is 0 Å². The molecule has 1 N–H and O–H groups in total. The number of hydrogen-bond acceptors (Lipinski definition) is 1. The topological polar surface area (TPSA) is 12.0 Å². The molecule has 1 nitrogen and oxygen atoms in total. The van der Waals surface area contributed by atoms with Crippen molar-refractivity contribution in [1.29, 1.82) is 0 Å². The molecule has 5 aromatic carbocycles. The van der Waals surface area contributed by atoms with E-state index in [1.165, 1.54) is 32.3 Å². The smallest absolute Gasteiger partial charge is 0.0470 e. The van der Waals surface area contributed by atoms with Crippen LogP contribution in [0, 0.1) is 0 Å². The summed E-state index contributed by atoms with van der Waals surface area (Å²) in [4.78, 5) is 0. The van der Waals surface area contributed by atoms with Crippen LogP contribution in [0.1, 0.15) is 0 Å². The van der Waals surface area contributed by atoms with Crippen molar-refractivity contribution in [2.75, 3.05) is 5.32 Å². The van der Waals surface area contributed by atoms with E-state index in [4.69, 9.17) is 0 Å². The molecule has 0 saturated heterocycles. The lowest BCUT2D eigenvalue weighted by Crippen LogP contribution is -1.92. The van der Waals surface area contributed by atoms with Gasteiger partial charge in [-0.05, 0) is 45.1 Å². The molecule has 0 aliphatic heterocycles. The van der Waals surface area contributed by atoms with Crippen molar-refractivity contribution in [3.63, 3.8) is 0 Å². The van der Waals surface area contributed by atoms with E-state index in [2.05, 4.69) is 102 Å². The van der Waals surface area contributed by atoms with Gasteiger partial charge in [0.2, 0.25) is 0 Å². The zero-order valence-electron chi connectivity index (χ0n) is 13.7. The monoisotopic (exact) mass is 319 g/mol. The summed E-state index contributed by atoms with van der Waals surface area (Å²) in [6.45, 7) is 0. The second-order valence-corrected chi connectivity index (χ2v) is 6.38. The van der Waals surface area contributed by atoms with E-state index in [1.807, 2.05) is 0 Å². The molecule has 25 heavy (non-hydrogen) atoms. The highest BCUT2D eigenvalue weighted by atomic mass is 14.9. The SMILES string of the molecule is c1ccc2cc(Nc3cccc4ccc5ccccc5c34)ccc2c1. The second kappa shape index (κ2) is 5.64. The van der Waals surface area contributed by atoms with Crippen LogP contribution in [-0.4, -0.2) is 0 Å². The molecule has 0 amide bonds. The van der Waals surface area contributed by atoms with Crippen molar-refractivity contribution in [2.45, 2.75) is 0 Å². The highest BCUT2D eigenvalue weighted by Crippen LogP contribution is 2.33. The van der Waals surface area contributed by atoms with Gasteiger partial charge in [0.1, 0.15) is 0 Å². The largest absolute Gasteiger partial charge is 0.355 e. The maximum atomic E-state index is 3.63. The molecule has 0 bridgehead atoms. The lowest BCUT2D eigenvalue weighted by Gasteiger charge is -2.13. The molecule has 0 aromatic heterocycles. The molecule has 0 saturated carbocycles. The standard InChI is InChI=1S/C24H17N/c1-2-8-20-16-21(15-14-17(20)6-1)25-23-11-5-9-19-13-12-18-7-3-4-10-22(18)24(19)23/h1-16,25H. The van der Waals surface area contributed by atoms with Crippen LogP contribution in [0.5, 0.6) is 0 Å². The third-order valence-corrected chi connectivity index (χ3v) is 4.80. The summed E-state index contributed by atoms with van der Waals surface area (Å²) >= 11 is 0. The quantitative estimate of drug-likeness (QED) is 0.349. The van der Waals surface area contributed by atoms with E-state index in [1.54, 1.807) is 0 Å². The van der Waals surface area contributed by atoms with E-state index in [-0.39, 0.29) is 0 Å². The Balaban J connectivity index is 1.70. The highest BCUT2D eigenvalue weighted by Gasteiger charge is 2.06. The van der Waals surface area contributed by atoms with Crippen LogP contribution >= 0.6 is 0 Å². The third kappa shape index (κ3) is 2.41. The van der Waals surface area contributed by atoms with Crippen LogP contribution in [0.25, 0.3) is 32.3 Å². The Hall–Kier alpha value is -3.32. The van der Waals surface area contributed by atoms with E-state index in [0.29, 0.717) is 0 Å². The average molecular weight is 319 g/mol. The fourth-order valence-electron chi connectivity index (χ4n) is 3.59. The third-order valence-electron chi connectivity index (χ3n) is 4.80. The Morgan fingerprint density at radius 2 is 1.16 bits per heavy atom. The lowest BCUT2D eigenvalue weighted by atomic mass is 10.0. The molecule has 0 atom stereocenters. The maximum Gasteiger partial charge on any atom is 0.0470 e. The summed E-state index contributed by atoms with van der Waals surface area (Å²) < 4.78 is 0. The lowest BCUT2D eigenvalue weighted by molar-refractivity contribution is 1.60. The zero-order valence-corrected chi connectivity index (χ0v) is 13.7. The zero-order chi connectivity index (χ0) is 16.6. The molecule has 0 aliphatic carbocycles. The van der Waals surface area contributed by atoms with Gasteiger partial charge in [-0.25, -0.2) is 0 Å². The second-order valence-electron chi connectivity index (χ2n) is 6.38. The van der Waals surface area contributed by atoms with Gasteiger partial charge in [0.05, 0.1) is 0 Å². The highest BCUT2D eigenvalue weighted by molar-refractivity contribution is 6.14. The molecule has 118 valence electrons. The van der Waals surface area contributed by atoms with E-state index < -0.39 is 0 Å². The average Bonchev–Trinajstić information content (AvgIpc) is 2.68. The minimum Gasteiger partial charge on any atom is -0.355 e.